The zero-order valence-corrected chi connectivity index (χ0v) is 16.3. The fourth-order valence-electron chi connectivity index (χ4n) is 2.77. The molecule has 0 saturated carbocycles. The molecule has 28 heavy (non-hydrogen) atoms. The van der Waals surface area contributed by atoms with Crippen LogP contribution in [-0.2, 0) is 4.79 Å². The Balaban J connectivity index is 1.51. The first-order chi connectivity index (χ1) is 13.5. The number of hydrogen-bond acceptors (Lipinski definition) is 7. The van der Waals surface area contributed by atoms with E-state index < -0.39 is 17.8 Å². The van der Waals surface area contributed by atoms with Crippen molar-refractivity contribution in [3.63, 3.8) is 0 Å². The molecule has 0 aliphatic carbocycles. The number of amides is 2. The summed E-state index contributed by atoms with van der Waals surface area (Å²) in [5, 5.41) is 7.02. The van der Waals surface area contributed by atoms with Crippen LogP contribution < -0.4 is 5.32 Å². The van der Waals surface area contributed by atoms with E-state index in [0.717, 1.165) is 4.88 Å². The van der Waals surface area contributed by atoms with Crippen LogP contribution in [0.1, 0.15) is 15.4 Å². The Bertz CT molecular complexity index is 1040. The van der Waals surface area contributed by atoms with Gasteiger partial charge < -0.3 is 14.7 Å². The molecule has 1 aliphatic heterocycles. The Kier molecular flexibility index (Phi) is 5.14. The van der Waals surface area contributed by atoms with E-state index in [4.69, 9.17) is 4.52 Å². The average Bonchev–Trinajstić information content (AvgIpc) is 3.42. The lowest BCUT2D eigenvalue weighted by Gasteiger charge is -2.21. The molecule has 10 heteroatoms. The molecule has 0 spiro atoms. The van der Waals surface area contributed by atoms with E-state index in [1.54, 1.807) is 24.4 Å². The van der Waals surface area contributed by atoms with Gasteiger partial charge in [-0.3, -0.25) is 9.59 Å². The summed E-state index contributed by atoms with van der Waals surface area (Å²) >= 11 is 2.84. The molecule has 2 aromatic heterocycles. The Hall–Kier alpha value is -2.72. The van der Waals surface area contributed by atoms with Crippen molar-refractivity contribution in [1.82, 2.24) is 15.0 Å². The first kappa shape index (κ1) is 18.6. The Morgan fingerprint density at radius 3 is 2.93 bits per heavy atom. The van der Waals surface area contributed by atoms with Crippen molar-refractivity contribution in [3.8, 4) is 11.3 Å². The summed E-state index contributed by atoms with van der Waals surface area (Å²) in [4.78, 5) is 32.0. The van der Waals surface area contributed by atoms with Crippen LogP contribution in [-0.4, -0.2) is 44.5 Å². The van der Waals surface area contributed by atoms with Gasteiger partial charge in [0, 0.05) is 22.9 Å². The normalized spacial score (nSPS) is 16.4. The molecule has 3 heterocycles. The molecule has 144 valence electrons. The maximum Gasteiger partial charge on any atom is 0.277 e. The van der Waals surface area contributed by atoms with Crippen molar-refractivity contribution in [2.24, 2.45) is 0 Å². The molecule has 0 bridgehead atoms. The van der Waals surface area contributed by atoms with Gasteiger partial charge in [-0.25, -0.2) is 9.37 Å². The van der Waals surface area contributed by atoms with Crippen LogP contribution in [0, 0.1) is 12.7 Å². The van der Waals surface area contributed by atoms with Gasteiger partial charge in [-0.1, -0.05) is 17.3 Å². The Morgan fingerprint density at radius 2 is 2.18 bits per heavy atom. The standard InChI is InChI=1S/C18H15FN4O3S2/c1-10-7-20-18(28-10)21-16(24)14-8-27-9-23(14)17(25)13-6-15(26-22-13)11-4-2-3-5-12(11)19/h2-7,14H,8-9H2,1H3,(H,20,21,24)/t14-/m1/s1. The third kappa shape index (κ3) is 3.65. The topological polar surface area (TPSA) is 88.3 Å². The molecular formula is C18H15FN4O3S2. The summed E-state index contributed by atoms with van der Waals surface area (Å²) in [5.41, 5.74) is 0.252. The molecule has 1 saturated heterocycles. The van der Waals surface area contributed by atoms with E-state index in [-0.39, 0.29) is 22.9 Å². The maximum atomic E-state index is 13.9. The Morgan fingerprint density at radius 1 is 1.36 bits per heavy atom. The van der Waals surface area contributed by atoms with Crippen LogP contribution in [0.15, 0.2) is 41.1 Å². The number of nitrogens with zero attached hydrogens (tertiary/aromatic N) is 3. The average molecular weight is 418 g/mol. The van der Waals surface area contributed by atoms with Crippen LogP contribution in [0.25, 0.3) is 11.3 Å². The second-order valence-electron chi connectivity index (χ2n) is 6.11. The van der Waals surface area contributed by atoms with E-state index >= 15 is 0 Å². The van der Waals surface area contributed by atoms with Gasteiger partial charge >= 0.3 is 0 Å². The third-order valence-electron chi connectivity index (χ3n) is 4.17. The smallest absolute Gasteiger partial charge is 0.277 e. The zero-order chi connectivity index (χ0) is 19.7. The van der Waals surface area contributed by atoms with Crippen molar-refractivity contribution in [1.29, 1.82) is 0 Å². The van der Waals surface area contributed by atoms with Crippen molar-refractivity contribution < 1.29 is 18.5 Å². The minimum Gasteiger partial charge on any atom is -0.355 e. The largest absolute Gasteiger partial charge is 0.355 e. The molecule has 0 radical (unpaired) electrons. The van der Waals surface area contributed by atoms with Crippen molar-refractivity contribution >= 4 is 40.0 Å². The number of thioether (sulfide) groups is 1. The summed E-state index contributed by atoms with van der Waals surface area (Å²) in [6.07, 6.45) is 1.67. The van der Waals surface area contributed by atoms with E-state index in [0.29, 0.717) is 16.8 Å². The molecule has 1 N–H and O–H groups in total. The minimum absolute atomic E-state index is 0.0312. The quantitative estimate of drug-likeness (QED) is 0.699. The lowest BCUT2D eigenvalue weighted by atomic mass is 10.1. The molecule has 1 atom stereocenters. The highest BCUT2D eigenvalue weighted by molar-refractivity contribution is 7.99. The molecule has 7 nitrogen and oxygen atoms in total. The molecule has 3 aromatic rings. The predicted molar refractivity (Wildman–Crippen MR) is 105 cm³/mol. The molecule has 4 rings (SSSR count). The second kappa shape index (κ2) is 7.72. The molecular weight excluding hydrogens is 403 g/mol. The molecule has 1 aliphatic rings. The van der Waals surface area contributed by atoms with Crippen molar-refractivity contribution in [3.05, 3.63) is 52.9 Å². The van der Waals surface area contributed by atoms with E-state index in [9.17, 15) is 14.0 Å². The zero-order valence-electron chi connectivity index (χ0n) is 14.7. The van der Waals surface area contributed by atoms with Gasteiger partial charge in [-0.05, 0) is 19.1 Å². The van der Waals surface area contributed by atoms with Gasteiger partial charge in [0.05, 0.1) is 11.4 Å². The highest BCUT2D eigenvalue weighted by Crippen LogP contribution is 2.27. The maximum absolute atomic E-state index is 13.9. The number of nitrogens with one attached hydrogen (secondary N) is 1. The monoisotopic (exact) mass is 418 g/mol. The summed E-state index contributed by atoms with van der Waals surface area (Å²) in [7, 11) is 0. The van der Waals surface area contributed by atoms with Gasteiger partial charge in [-0.2, -0.15) is 0 Å². The molecule has 1 fully saturated rings. The number of aromatic nitrogens is 2. The van der Waals surface area contributed by atoms with Crippen LogP contribution in [0.3, 0.4) is 0 Å². The van der Waals surface area contributed by atoms with Crippen LogP contribution in [0.4, 0.5) is 9.52 Å². The van der Waals surface area contributed by atoms with Crippen LogP contribution in [0.5, 0.6) is 0 Å². The highest BCUT2D eigenvalue weighted by Gasteiger charge is 2.36. The van der Waals surface area contributed by atoms with Crippen LogP contribution in [0.2, 0.25) is 0 Å². The fourth-order valence-corrected chi connectivity index (χ4v) is 4.59. The van der Waals surface area contributed by atoms with Crippen molar-refractivity contribution in [2.75, 3.05) is 16.9 Å². The number of thiazole rings is 1. The van der Waals surface area contributed by atoms with Gasteiger partial charge in [0.1, 0.15) is 11.9 Å². The first-order valence-corrected chi connectivity index (χ1v) is 10.3. The van der Waals surface area contributed by atoms with E-state index in [1.165, 1.54) is 40.1 Å². The highest BCUT2D eigenvalue weighted by atomic mass is 32.2. The number of rotatable bonds is 4. The minimum atomic E-state index is -0.643. The number of hydrogen-bond donors (Lipinski definition) is 1. The fraction of sp³-hybridized carbons (Fsp3) is 0.222. The van der Waals surface area contributed by atoms with Gasteiger partial charge in [0.15, 0.2) is 16.6 Å². The second-order valence-corrected chi connectivity index (χ2v) is 8.35. The third-order valence-corrected chi connectivity index (χ3v) is 6.01. The lowest BCUT2D eigenvalue weighted by molar-refractivity contribution is -0.119. The molecule has 0 unspecified atom stereocenters. The van der Waals surface area contributed by atoms with Gasteiger partial charge in [0.25, 0.3) is 5.91 Å². The SMILES string of the molecule is Cc1cnc(NC(=O)[C@H]2CSCN2C(=O)c2cc(-c3ccccc3F)on2)s1. The number of aryl methyl sites for hydroxylation is 1. The first-order valence-electron chi connectivity index (χ1n) is 8.36. The van der Waals surface area contributed by atoms with Crippen LogP contribution >= 0.6 is 23.1 Å². The number of benzene rings is 1. The number of halogens is 1. The summed E-state index contributed by atoms with van der Waals surface area (Å²) in [6, 6.07) is 6.83. The van der Waals surface area contributed by atoms with Gasteiger partial charge in [0.2, 0.25) is 5.91 Å². The molecule has 1 aromatic carbocycles. The summed E-state index contributed by atoms with van der Waals surface area (Å²) in [5.74, 6) is -0.217. The lowest BCUT2D eigenvalue weighted by Crippen LogP contribution is -2.44. The number of carbonyl (C=O) groups is 2. The van der Waals surface area contributed by atoms with E-state index in [2.05, 4.69) is 15.5 Å². The Labute approximate surface area is 167 Å². The van der Waals surface area contributed by atoms with Crippen molar-refractivity contribution in [2.45, 2.75) is 13.0 Å². The molecule has 2 amide bonds. The number of carbonyl (C=O) groups excluding carboxylic acids is 2. The van der Waals surface area contributed by atoms with E-state index in [1.807, 2.05) is 6.92 Å². The predicted octanol–water partition coefficient (Wildman–Crippen LogP) is 3.40. The van der Waals surface area contributed by atoms with Gasteiger partial charge in [-0.15, -0.1) is 23.1 Å². The number of anilines is 1. The summed E-state index contributed by atoms with van der Waals surface area (Å²) in [6.45, 7) is 1.90. The summed E-state index contributed by atoms with van der Waals surface area (Å²) < 4.78 is 19.1.